The van der Waals surface area contributed by atoms with Crippen LogP contribution in [0.15, 0.2) is 60.8 Å². The summed E-state index contributed by atoms with van der Waals surface area (Å²) in [6, 6.07) is 17.8. The van der Waals surface area contributed by atoms with Crippen molar-refractivity contribution in [1.82, 2.24) is 10.3 Å². The van der Waals surface area contributed by atoms with Crippen LogP contribution in [-0.2, 0) is 4.74 Å². The van der Waals surface area contributed by atoms with Gasteiger partial charge in [-0.2, -0.15) is 0 Å². The number of ether oxygens (including phenoxy) is 2. The highest BCUT2D eigenvalue weighted by atomic mass is 16.5. The minimum Gasteiger partial charge on any atom is -0.493 e. The molecule has 0 saturated carbocycles. The van der Waals surface area contributed by atoms with E-state index < -0.39 is 0 Å². The maximum Gasteiger partial charge on any atom is 0.251 e. The molecule has 1 saturated heterocycles. The summed E-state index contributed by atoms with van der Waals surface area (Å²) in [6.45, 7) is 8.08. The largest absolute Gasteiger partial charge is 0.493 e. The van der Waals surface area contributed by atoms with E-state index in [1.54, 1.807) is 6.20 Å². The van der Waals surface area contributed by atoms with Gasteiger partial charge in [0.05, 0.1) is 19.3 Å². The third kappa shape index (κ3) is 5.54. The average molecular weight is 431 g/mol. The fraction of sp³-hybridized carbons (Fsp3) is 0.333. The van der Waals surface area contributed by atoms with Gasteiger partial charge in [0.2, 0.25) is 0 Å². The summed E-state index contributed by atoms with van der Waals surface area (Å²) in [5.74, 6) is 0.954. The lowest BCUT2D eigenvalue weighted by molar-refractivity contribution is 0.0939. The highest BCUT2D eigenvalue weighted by Crippen LogP contribution is 2.28. The first-order valence-electron chi connectivity index (χ1n) is 11.1. The van der Waals surface area contributed by atoms with Crippen LogP contribution in [0, 0.1) is 19.8 Å². The fourth-order valence-corrected chi connectivity index (χ4v) is 3.75. The maximum atomic E-state index is 13.1. The predicted molar refractivity (Wildman–Crippen MR) is 126 cm³/mol. The smallest absolute Gasteiger partial charge is 0.251 e. The molecule has 0 radical (unpaired) electrons. The number of carbonyl (C=O) groups excluding carboxylic acids is 1. The first-order valence-corrected chi connectivity index (χ1v) is 11.1. The Morgan fingerprint density at radius 1 is 1.12 bits per heavy atom. The molecule has 1 unspecified atom stereocenters. The molecule has 1 aliphatic rings. The second-order valence-electron chi connectivity index (χ2n) is 8.58. The van der Waals surface area contributed by atoms with Gasteiger partial charge in [-0.05, 0) is 68.1 Å². The minimum atomic E-state index is -0.154. The normalized spacial score (nSPS) is 16.5. The summed E-state index contributed by atoms with van der Waals surface area (Å²) in [5, 5.41) is 3.09. The number of carbonyl (C=O) groups is 1. The Hall–Kier alpha value is -3.18. The van der Waals surface area contributed by atoms with Crippen LogP contribution in [0.2, 0.25) is 0 Å². The number of benzene rings is 2. The standard InChI is InChI=1S/C27H30N2O3/c1-18-4-7-22(8-5-18)24-12-25(14-26(13-24)32-17-21-10-11-31-16-21)27(30)29-20(3)23-9-6-19(2)28-15-23/h4-9,12-15,20-21H,10-11,16-17H2,1-3H3,(H,29,30)/t20-,21?/m1/s1. The molecule has 0 spiro atoms. The van der Waals surface area contributed by atoms with Crippen molar-refractivity contribution in [3.8, 4) is 16.9 Å². The zero-order chi connectivity index (χ0) is 22.5. The SMILES string of the molecule is Cc1ccc(-c2cc(OCC3CCOC3)cc(C(=O)N[C@H](C)c3ccc(C)nc3)c2)cc1. The molecular weight excluding hydrogens is 400 g/mol. The van der Waals surface area contributed by atoms with Gasteiger partial charge < -0.3 is 14.8 Å². The second-order valence-corrected chi connectivity index (χ2v) is 8.58. The topological polar surface area (TPSA) is 60.5 Å². The Kier molecular flexibility index (Phi) is 6.86. The molecule has 1 aliphatic heterocycles. The van der Waals surface area contributed by atoms with Gasteiger partial charge in [-0.25, -0.2) is 0 Å². The monoisotopic (exact) mass is 430 g/mol. The number of hydrogen-bond acceptors (Lipinski definition) is 4. The van der Waals surface area contributed by atoms with E-state index in [1.807, 2.05) is 44.2 Å². The van der Waals surface area contributed by atoms with E-state index in [0.717, 1.165) is 42.0 Å². The Bertz CT molecular complexity index is 1060. The molecule has 3 aromatic rings. The molecule has 166 valence electrons. The molecule has 1 N–H and O–H groups in total. The van der Waals surface area contributed by atoms with E-state index >= 15 is 0 Å². The molecule has 1 amide bonds. The highest BCUT2D eigenvalue weighted by Gasteiger charge is 2.18. The Labute approximate surface area is 189 Å². The number of hydrogen-bond donors (Lipinski definition) is 1. The number of nitrogens with zero attached hydrogens (tertiary/aromatic N) is 1. The van der Waals surface area contributed by atoms with Crippen LogP contribution in [0.5, 0.6) is 5.75 Å². The summed E-state index contributed by atoms with van der Waals surface area (Å²) in [5.41, 5.74) is 5.70. The molecule has 1 aromatic heterocycles. The van der Waals surface area contributed by atoms with Crippen molar-refractivity contribution < 1.29 is 14.3 Å². The quantitative estimate of drug-likeness (QED) is 0.555. The molecule has 4 rings (SSSR count). The van der Waals surface area contributed by atoms with Crippen molar-refractivity contribution in [2.45, 2.75) is 33.2 Å². The van der Waals surface area contributed by atoms with Gasteiger partial charge in [0.1, 0.15) is 5.75 Å². The summed E-state index contributed by atoms with van der Waals surface area (Å²) in [7, 11) is 0. The zero-order valence-electron chi connectivity index (χ0n) is 18.9. The van der Waals surface area contributed by atoms with Crippen molar-refractivity contribution in [1.29, 1.82) is 0 Å². The van der Waals surface area contributed by atoms with Gasteiger partial charge in [-0.15, -0.1) is 0 Å². The van der Waals surface area contributed by atoms with E-state index in [9.17, 15) is 4.79 Å². The lowest BCUT2D eigenvalue weighted by Crippen LogP contribution is -2.26. The van der Waals surface area contributed by atoms with Crippen molar-refractivity contribution in [2.24, 2.45) is 5.92 Å². The van der Waals surface area contributed by atoms with Crippen LogP contribution in [0.4, 0.5) is 0 Å². The number of nitrogens with one attached hydrogen (secondary N) is 1. The van der Waals surface area contributed by atoms with Crippen LogP contribution < -0.4 is 10.1 Å². The number of aromatic nitrogens is 1. The molecule has 32 heavy (non-hydrogen) atoms. The van der Waals surface area contributed by atoms with Crippen LogP contribution in [-0.4, -0.2) is 30.7 Å². The van der Waals surface area contributed by atoms with E-state index in [0.29, 0.717) is 23.8 Å². The summed E-state index contributed by atoms with van der Waals surface area (Å²) < 4.78 is 11.6. The molecule has 2 heterocycles. The highest BCUT2D eigenvalue weighted by molar-refractivity contribution is 5.96. The third-order valence-corrected chi connectivity index (χ3v) is 5.85. The summed E-state index contributed by atoms with van der Waals surface area (Å²) in [6.07, 6.45) is 2.81. The van der Waals surface area contributed by atoms with Crippen molar-refractivity contribution in [3.05, 3.63) is 83.2 Å². The molecule has 2 atom stereocenters. The van der Waals surface area contributed by atoms with Gasteiger partial charge in [0.15, 0.2) is 0 Å². The predicted octanol–water partition coefficient (Wildman–Crippen LogP) is 5.27. The van der Waals surface area contributed by atoms with E-state index in [-0.39, 0.29) is 11.9 Å². The minimum absolute atomic E-state index is 0.138. The maximum absolute atomic E-state index is 13.1. The van der Waals surface area contributed by atoms with Crippen molar-refractivity contribution >= 4 is 5.91 Å². The van der Waals surface area contributed by atoms with E-state index in [1.165, 1.54) is 5.56 Å². The fourth-order valence-electron chi connectivity index (χ4n) is 3.75. The third-order valence-electron chi connectivity index (χ3n) is 5.85. The lowest BCUT2D eigenvalue weighted by atomic mass is 10.0. The van der Waals surface area contributed by atoms with Crippen LogP contribution in [0.3, 0.4) is 0 Å². The van der Waals surface area contributed by atoms with Gasteiger partial charge in [0, 0.05) is 30.0 Å². The number of rotatable bonds is 7. The molecule has 0 bridgehead atoms. The summed E-state index contributed by atoms with van der Waals surface area (Å²) >= 11 is 0. The summed E-state index contributed by atoms with van der Waals surface area (Å²) in [4.78, 5) is 17.5. The Balaban J connectivity index is 1.57. The van der Waals surface area contributed by atoms with Gasteiger partial charge in [-0.3, -0.25) is 9.78 Å². The first-order chi connectivity index (χ1) is 15.5. The number of amides is 1. The molecule has 1 fully saturated rings. The number of aryl methyl sites for hydroxylation is 2. The zero-order valence-corrected chi connectivity index (χ0v) is 18.9. The first kappa shape index (κ1) is 22.0. The Morgan fingerprint density at radius 2 is 1.94 bits per heavy atom. The number of pyridine rings is 1. The molecule has 5 nitrogen and oxygen atoms in total. The van der Waals surface area contributed by atoms with E-state index in [4.69, 9.17) is 9.47 Å². The van der Waals surface area contributed by atoms with Crippen LogP contribution in [0.1, 0.15) is 46.6 Å². The second kappa shape index (κ2) is 9.96. The molecule has 5 heteroatoms. The Morgan fingerprint density at radius 3 is 2.62 bits per heavy atom. The molecule has 2 aromatic carbocycles. The van der Waals surface area contributed by atoms with Gasteiger partial charge in [-0.1, -0.05) is 35.9 Å². The van der Waals surface area contributed by atoms with Crippen molar-refractivity contribution in [2.75, 3.05) is 19.8 Å². The average Bonchev–Trinajstić information content (AvgIpc) is 3.32. The van der Waals surface area contributed by atoms with Crippen molar-refractivity contribution in [3.63, 3.8) is 0 Å². The van der Waals surface area contributed by atoms with Gasteiger partial charge in [0.25, 0.3) is 5.91 Å². The molecular formula is C27H30N2O3. The lowest BCUT2D eigenvalue weighted by Gasteiger charge is -2.17. The van der Waals surface area contributed by atoms with Crippen LogP contribution >= 0.6 is 0 Å². The van der Waals surface area contributed by atoms with Crippen LogP contribution in [0.25, 0.3) is 11.1 Å². The van der Waals surface area contributed by atoms with E-state index in [2.05, 4.69) is 41.5 Å². The van der Waals surface area contributed by atoms with Gasteiger partial charge >= 0.3 is 0 Å². The molecule has 0 aliphatic carbocycles.